The predicted octanol–water partition coefficient (Wildman–Crippen LogP) is -0.896. The number of carbonyl (C=O) groups excluding carboxylic acids is 1. The topological polar surface area (TPSA) is 40.1 Å². The zero-order chi connectivity index (χ0) is 14.0. The van der Waals surface area contributed by atoms with Gasteiger partial charge in [0.05, 0.1) is 5.97 Å². The fraction of sp³-hybridized carbons (Fsp3) is 0.188. The van der Waals surface area contributed by atoms with E-state index in [-0.39, 0.29) is 26.8 Å². The normalized spacial score (nSPS) is 10.5. The van der Waals surface area contributed by atoms with E-state index in [4.69, 9.17) is 0 Å². The Balaban J connectivity index is 2.36. The average molecular weight is 366 g/mol. The molecule has 3 heteroatoms. The van der Waals surface area contributed by atoms with Crippen molar-refractivity contribution in [1.82, 2.24) is 0 Å². The molecule has 2 rings (SSSR count). The molecule has 0 aliphatic carbocycles. The largest absolute Gasteiger partial charge is 0.545 e. The number of benzene rings is 2. The molecule has 0 aromatic heterocycles. The van der Waals surface area contributed by atoms with E-state index in [1.165, 1.54) is 20.3 Å². The summed E-state index contributed by atoms with van der Waals surface area (Å²) in [6, 6.07) is 11.5. The highest BCUT2D eigenvalue weighted by Gasteiger charge is 2.21. The summed E-state index contributed by atoms with van der Waals surface area (Å²) in [5.74, 6) is -1.11. The molecule has 0 saturated carbocycles. The van der Waals surface area contributed by atoms with Crippen LogP contribution in [0.3, 0.4) is 0 Å². The molecule has 0 saturated heterocycles. The lowest BCUT2D eigenvalue weighted by Crippen LogP contribution is -3.62. The molecule has 0 heterocycles. The monoisotopic (exact) mass is 366 g/mol. The molecule has 2 aromatic carbocycles. The van der Waals surface area contributed by atoms with E-state index in [1.54, 1.807) is 18.2 Å². The zero-order valence-corrected chi connectivity index (χ0v) is 13.3. The van der Waals surface area contributed by atoms with Crippen LogP contribution in [0.25, 0.3) is 0 Å². The van der Waals surface area contributed by atoms with Crippen LogP contribution in [-0.2, 0) is 0 Å². The van der Waals surface area contributed by atoms with E-state index in [2.05, 4.69) is 32.9 Å². The van der Waals surface area contributed by atoms with Crippen molar-refractivity contribution in [2.75, 3.05) is 0 Å². The third kappa shape index (κ3) is 3.35. The minimum atomic E-state index is -1.11. The molecule has 98 valence electrons. The zero-order valence-electron chi connectivity index (χ0n) is 11.2. The molecular formula is C16H15IO2. The summed E-state index contributed by atoms with van der Waals surface area (Å²) in [4.78, 5) is 10.9. The van der Waals surface area contributed by atoms with Crippen LogP contribution in [0.4, 0.5) is 0 Å². The lowest BCUT2D eigenvalue weighted by Gasteiger charge is -2.02. The molecule has 0 aliphatic heterocycles. The molecule has 0 radical (unpaired) electrons. The fourth-order valence-electron chi connectivity index (χ4n) is 2.09. The highest BCUT2D eigenvalue weighted by molar-refractivity contribution is 5.85. The van der Waals surface area contributed by atoms with E-state index < -0.39 is 5.97 Å². The minimum absolute atomic E-state index is 0.264. The molecule has 0 bridgehead atoms. The Labute approximate surface area is 123 Å². The minimum Gasteiger partial charge on any atom is -0.545 e. The molecule has 0 N–H and O–H groups in total. The van der Waals surface area contributed by atoms with Gasteiger partial charge < -0.3 is 9.90 Å². The highest BCUT2D eigenvalue weighted by Crippen LogP contribution is 2.07. The number of aromatic carboxylic acids is 1. The van der Waals surface area contributed by atoms with E-state index in [9.17, 15) is 9.90 Å². The van der Waals surface area contributed by atoms with Gasteiger partial charge in [0, 0.05) is 22.8 Å². The third-order valence-electron chi connectivity index (χ3n) is 2.84. The van der Waals surface area contributed by atoms with Gasteiger partial charge in [-0.1, -0.05) is 29.8 Å². The molecule has 2 nitrogen and oxygen atoms in total. The van der Waals surface area contributed by atoms with E-state index >= 15 is 0 Å². The van der Waals surface area contributed by atoms with Crippen LogP contribution in [0, 0.1) is 27.9 Å². The number of halogens is 1. The second-order valence-corrected chi connectivity index (χ2v) is 7.47. The van der Waals surface area contributed by atoms with Gasteiger partial charge in [-0.05, 0) is 26.8 Å². The molecular weight excluding hydrogens is 351 g/mol. The van der Waals surface area contributed by atoms with Crippen LogP contribution < -0.4 is 26.3 Å². The van der Waals surface area contributed by atoms with Crippen LogP contribution >= 0.6 is 0 Å². The van der Waals surface area contributed by atoms with Gasteiger partial charge in [0.1, 0.15) is 0 Å². The van der Waals surface area contributed by atoms with Crippen molar-refractivity contribution in [3.63, 3.8) is 0 Å². The van der Waals surface area contributed by atoms with Crippen LogP contribution in [0.5, 0.6) is 0 Å². The van der Waals surface area contributed by atoms with Gasteiger partial charge in [-0.3, -0.25) is 0 Å². The molecule has 0 fully saturated rings. The maximum absolute atomic E-state index is 10.9. The second kappa shape index (κ2) is 5.74. The number of rotatable bonds is 3. The quantitative estimate of drug-likeness (QED) is 0.661. The molecule has 0 spiro atoms. The summed E-state index contributed by atoms with van der Waals surface area (Å²) in [6.07, 6.45) is 0. The van der Waals surface area contributed by atoms with Gasteiger partial charge in [-0.25, -0.2) is 0 Å². The molecule has 19 heavy (non-hydrogen) atoms. The van der Waals surface area contributed by atoms with Crippen molar-refractivity contribution >= 4 is 5.97 Å². The average Bonchev–Trinajstić information content (AvgIpc) is 2.34. The summed E-state index contributed by atoms with van der Waals surface area (Å²) >= 11 is -0.361. The fourth-order valence-corrected chi connectivity index (χ4v) is 4.76. The number of carboxylic acids is 1. The Bertz CT molecular complexity index is 609. The first kappa shape index (κ1) is 14.1. The maximum Gasteiger partial charge on any atom is 0.358 e. The van der Waals surface area contributed by atoms with Crippen LogP contribution in [-0.4, -0.2) is 5.97 Å². The Morgan fingerprint density at radius 2 is 1.68 bits per heavy atom. The Kier molecular flexibility index (Phi) is 4.24. The van der Waals surface area contributed by atoms with Crippen molar-refractivity contribution in [2.24, 2.45) is 0 Å². The van der Waals surface area contributed by atoms with Crippen molar-refractivity contribution in [3.05, 3.63) is 65.8 Å². The number of hydrogen-bond donors (Lipinski definition) is 0. The first-order valence-electron chi connectivity index (χ1n) is 6.01. The van der Waals surface area contributed by atoms with Gasteiger partial charge in [0.2, 0.25) is 0 Å². The maximum atomic E-state index is 10.9. The highest BCUT2D eigenvalue weighted by atomic mass is 127. The summed E-state index contributed by atoms with van der Waals surface area (Å²) in [5.41, 5.74) is 4.12. The first-order chi connectivity index (χ1) is 8.97. The van der Waals surface area contributed by atoms with Gasteiger partial charge in [-0.15, -0.1) is 0 Å². The van der Waals surface area contributed by atoms with Crippen molar-refractivity contribution < 1.29 is 31.1 Å². The number of hydrogen-bond acceptors (Lipinski definition) is 2. The Hall–Kier alpha value is -1.36. The third-order valence-corrected chi connectivity index (χ3v) is 6.38. The summed E-state index contributed by atoms with van der Waals surface area (Å²) in [7, 11) is 0. The number of carbonyl (C=O) groups is 1. The molecule has 0 amide bonds. The Morgan fingerprint density at radius 1 is 1.05 bits per heavy atom. The summed E-state index contributed by atoms with van der Waals surface area (Å²) in [5, 5.41) is 10.9. The molecule has 2 aromatic rings. The predicted molar refractivity (Wildman–Crippen MR) is 68.8 cm³/mol. The second-order valence-electron chi connectivity index (χ2n) is 4.60. The van der Waals surface area contributed by atoms with Gasteiger partial charge in [-0.2, -0.15) is 0 Å². The van der Waals surface area contributed by atoms with Crippen LogP contribution in [0.2, 0.25) is 0 Å². The number of aryl methyl sites for hydroxylation is 3. The van der Waals surface area contributed by atoms with E-state index in [0.29, 0.717) is 0 Å². The molecule has 0 aliphatic rings. The summed E-state index contributed by atoms with van der Waals surface area (Å²) in [6.45, 7) is 6.34. The van der Waals surface area contributed by atoms with Crippen LogP contribution in [0.15, 0.2) is 36.4 Å². The van der Waals surface area contributed by atoms with E-state index in [1.807, 2.05) is 6.07 Å². The number of carboxylic acid groups (broad SMARTS) is 1. The van der Waals surface area contributed by atoms with Crippen molar-refractivity contribution in [3.8, 4) is 0 Å². The lowest BCUT2D eigenvalue weighted by molar-refractivity contribution is -0.598. The van der Waals surface area contributed by atoms with E-state index in [0.717, 1.165) is 3.57 Å². The smallest absolute Gasteiger partial charge is 0.358 e. The standard InChI is InChI=1S/C16H15IO2/c1-10-7-11(2)15(12(3)8-10)17-14-6-4-5-13(9-14)16(18)19/h4-9H,1-3H3. The van der Waals surface area contributed by atoms with Crippen LogP contribution in [0.1, 0.15) is 27.0 Å². The first-order valence-corrected chi connectivity index (χ1v) is 8.17. The lowest BCUT2D eigenvalue weighted by atomic mass is 10.1. The van der Waals surface area contributed by atoms with Gasteiger partial charge in [0.25, 0.3) is 0 Å². The van der Waals surface area contributed by atoms with Gasteiger partial charge >= 0.3 is 21.2 Å². The molecule has 0 atom stereocenters. The van der Waals surface area contributed by atoms with Crippen molar-refractivity contribution in [2.45, 2.75) is 20.8 Å². The molecule has 0 unspecified atom stereocenters. The van der Waals surface area contributed by atoms with Gasteiger partial charge in [0.15, 0.2) is 7.14 Å². The Morgan fingerprint density at radius 3 is 2.26 bits per heavy atom. The van der Waals surface area contributed by atoms with Crippen molar-refractivity contribution in [1.29, 1.82) is 0 Å². The summed E-state index contributed by atoms with van der Waals surface area (Å²) < 4.78 is 2.48. The SMILES string of the molecule is Cc1cc(C)c([I+]c2cccc(C(=O)[O-])c2)c(C)c1.